The van der Waals surface area contributed by atoms with E-state index in [1.54, 1.807) is 18.3 Å². The van der Waals surface area contributed by atoms with Crippen LogP contribution in [0.25, 0.3) is 5.82 Å². The zero-order chi connectivity index (χ0) is 19.4. The van der Waals surface area contributed by atoms with Crippen LogP contribution in [0.15, 0.2) is 24.4 Å². The molecule has 2 aliphatic rings. The second-order valence-corrected chi connectivity index (χ2v) is 7.25. The zero-order valence-corrected chi connectivity index (χ0v) is 16.5. The smallest absolute Gasteiger partial charge is 0.338 e. The molecule has 0 saturated heterocycles. The maximum Gasteiger partial charge on any atom is 0.338 e. The van der Waals surface area contributed by atoms with Crippen LogP contribution in [0, 0.1) is 17.8 Å². The Bertz CT molecular complexity index is 773. The van der Waals surface area contributed by atoms with E-state index in [4.69, 9.17) is 21.4 Å². The van der Waals surface area contributed by atoms with Crippen LogP contribution < -0.4 is 4.74 Å². The fraction of sp³-hybridized carbons (Fsp3) is 0.550. The lowest BCUT2D eigenvalue weighted by atomic mass is 9.95. The maximum absolute atomic E-state index is 11.0. The molecule has 2 heterocycles. The number of ether oxygens (including phenoxy) is 1. The normalized spacial score (nSPS) is 16.0. The summed E-state index contributed by atoms with van der Waals surface area (Å²) < 4.78 is 7.33. The van der Waals surface area contributed by atoms with Gasteiger partial charge in [0.15, 0.2) is 5.82 Å². The average molecular weight is 392 g/mol. The van der Waals surface area contributed by atoms with Crippen molar-refractivity contribution in [3.63, 3.8) is 0 Å². The second-order valence-electron chi connectivity index (χ2n) is 6.89. The third-order valence-corrected chi connectivity index (χ3v) is 5.31. The number of pyridine rings is 1. The van der Waals surface area contributed by atoms with Gasteiger partial charge in [0.25, 0.3) is 0 Å². The lowest BCUT2D eigenvalue weighted by Gasteiger charge is -2.14. The third kappa shape index (κ3) is 5.01. The number of hydrogen-bond donors (Lipinski definition) is 1. The van der Waals surface area contributed by atoms with Crippen molar-refractivity contribution in [3.05, 3.63) is 35.1 Å². The topological polar surface area (TPSA) is 77.2 Å². The largest absolute Gasteiger partial charge is 0.478 e. The van der Waals surface area contributed by atoms with Crippen LogP contribution >= 0.6 is 11.6 Å². The first-order chi connectivity index (χ1) is 13.1. The molecule has 1 N–H and O–H groups in total. The van der Waals surface area contributed by atoms with E-state index in [9.17, 15) is 4.79 Å². The Morgan fingerprint density at radius 3 is 2.48 bits per heavy atom. The van der Waals surface area contributed by atoms with Crippen molar-refractivity contribution in [1.29, 1.82) is 0 Å². The zero-order valence-electron chi connectivity index (χ0n) is 15.8. The molecule has 6 nitrogen and oxygen atoms in total. The molecule has 2 aromatic rings. The summed E-state index contributed by atoms with van der Waals surface area (Å²) >= 11 is 5.91. The van der Waals surface area contributed by atoms with Crippen molar-refractivity contribution in [2.24, 2.45) is 17.8 Å². The van der Waals surface area contributed by atoms with E-state index in [0.717, 1.165) is 24.2 Å². The molecule has 2 aromatic heterocycles. The highest BCUT2D eigenvalue weighted by molar-refractivity contribution is 6.32. The SMILES string of the molecule is CC.O=C(O)c1ccc(-n2ccc(OCCC(C3CC3)C3CC3)n2)nc1Cl. The number of carboxylic acids is 1. The summed E-state index contributed by atoms with van der Waals surface area (Å²) in [5, 5.41) is 13.3. The molecule has 2 fully saturated rings. The number of halogens is 1. The van der Waals surface area contributed by atoms with Crippen molar-refractivity contribution < 1.29 is 14.6 Å². The highest BCUT2D eigenvalue weighted by atomic mass is 35.5. The minimum atomic E-state index is -1.10. The van der Waals surface area contributed by atoms with Gasteiger partial charge in [0.05, 0.1) is 12.2 Å². The molecular formula is C20H26ClN3O3. The van der Waals surface area contributed by atoms with Gasteiger partial charge in [-0.25, -0.2) is 14.5 Å². The van der Waals surface area contributed by atoms with E-state index in [0.29, 0.717) is 18.3 Å². The fourth-order valence-corrected chi connectivity index (χ4v) is 3.66. The molecule has 2 saturated carbocycles. The summed E-state index contributed by atoms with van der Waals surface area (Å²) in [4.78, 5) is 15.1. The molecule has 0 radical (unpaired) electrons. The maximum atomic E-state index is 11.0. The average Bonchev–Trinajstić information content (AvgIpc) is 3.60. The Labute approximate surface area is 164 Å². The fourth-order valence-electron chi connectivity index (χ4n) is 3.43. The van der Waals surface area contributed by atoms with Crippen LogP contribution in [0.3, 0.4) is 0 Å². The third-order valence-electron chi connectivity index (χ3n) is 5.02. The minimum Gasteiger partial charge on any atom is -0.478 e. The summed E-state index contributed by atoms with van der Waals surface area (Å²) in [6.07, 6.45) is 8.36. The Balaban J connectivity index is 0.00000102. The molecule has 0 aromatic carbocycles. The summed E-state index contributed by atoms with van der Waals surface area (Å²) in [5.74, 6) is 2.57. The standard InChI is InChI=1S/C18H20ClN3O3.C2H6/c19-17-14(18(23)24)5-6-15(20-17)22-9-7-16(21-22)25-10-8-13(11-1-2-11)12-3-4-12;1-2/h5-7,9,11-13H,1-4,8,10H2,(H,23,24);1-2H3. The number of nitrogens with zero attached hydrogens (tertiary/aromatic N) is 3. The summed E-state index contributed by atoms with van der Waals surface area (Å²) in [5.41, 5.74) is -0.0276. The number of aromatic carboxylic acids is 1. The number of rotatable bonds is 8. The van der Waals surface area contributed by atoms with Crippen molar-refractivity contribution >= 4 is 17.6 Å². The van der Waals surface area contributed by atoms with Gasteiger partial charge in [0.1, 0.15) is 5.15 Å². The Morgan fingerprint density at radius 2 is 1.93 bits per heavy atom. The van der Waals surface area contributed by atoms with Gasteiger partial charge in [0, 0.05) is 12.3 Å². The van der Waals surface area contributed by atoms with Gasteiger partial charge < -0.3 is 9.84 Å². The van der Waals surface area contributed by atoms with Crippen molar-refractivity contribution in [2.75, 3.05) is 6.61 Å². The van der Waals surface area contributed by atoms with Gasteiger partial charge in [0.2, 0.25) is 5.88 Å². The predicted molar refractivity (Wildman–Crippen MR) is 104 cm³/mol. The number of carbonyl (C=O) groups is 1. The van der Waals surface area contributed by atoms with Gasteiger partial charge in [-0.1, -0.05) is 25.4 Å². The molecule has 0 atom stereocenters. The van der Waals surface area contributed by atoms with Crippen LogP contribution in [-0.2, 0) is 0 Å². The summed E-state index contributed by atoms with van der Waals surface area (Å²) in [6, 6.07) is 4.78. The van der Waals surface area contributed by atoms with Gasteiger partial charge in [-0.05, 0) is 62.0 Å². The molecule has 7 heteroatoms. The molecule has 4 rings (SSSR count). The summed E-state index contributed by atoms with van der Waals surface area (Å²) in [7, 11) is 0. The van der Waals surface area contributed by atoms with Gasteiger partial charge in [-0.15, -0.1) is 5.10 Å². The van der Waals surface area contributed by atoms with Crippen molar-refractivity contribution in [2.45, 2.75) is 46.0 Å². The second kappa shape index (κ2) is 8.74. The molecule has 0 bridgehead atoms. The molecule has 0 amide bonds. The minimum absolute atomic E-state index is 0.0276. The van der Waals surface area contributed by atoms with Crippen LogP contribution in [0.5, 0.6) is 5.88 Å². The van der Waals surface area contributed by atoms with Crippen LogP contribution in [0.4, 0.5) is 0 Å². The van der Waals surface area contributed by atoms with E-state index in [1.165, 1.54) is 36.4 Å². The molecular weight excluding hydrogens is 366 g/mol. The molecule has 0 unspecified atom stereocenters. The van der Waals surface area contributed by atoms with Gasteiger partial charge in [-0.3, -0.25) is 0 Å². The molecule has 27 heavy (non-hydrogen) atoms. The van der Waals surface area contributed by atoms with Crippen molar-refractivity contribution in [3.8, 4) is 11.7 Å². The number of aromatic nitrogens is 3. The van der Waals surface area contributed by atoms with Crippen LogP contribution in [-0.4, -0.2) is 32.4 Å². The van der Waals surface area contributed by atoms with Crippen molar-refractivity contribution in [1.82, 2.24) is 14.8 Å². The molecule has 2 aliphatic carbocycles. The first-order valence-electron chi connectivity index (χ1n) is 9.70. The van der Waals surface area contributed by atoms with E-state index < -0.39 is 5.97 Å². The molecule has 0 spiro atoms. The highest BCUT2D eigenvalue weighted by Gasteiger charge is 2.40. The summed E-state index contributed by atoms with van der Waals surface area (Å²) in [6.45, 7) is 4.68. The predicted octanol–water partition coefficient (Wildman–Crippen LogP) is 4.85. The number of carboxylic acid groups (broad SMARTS) is 1. The Hall–Kier alpha value is -2.08. The first-order valence-corrected chi connectivity index (χ1v) is 10.1. The Kier molecular flexibility index (Phi) is 6.37. The Morgan fingerprint density at radius 1 is 1.26 bits per heavy atom. The molecule has 0 aliphatic heterocycles. The lowest BCUT2D eigenvalue weighted by molar-refractivity contribution is 0.0696. The first kappa shape index (κ1) is 19.7. The van der Waals surface area contributed by atoms with Gasteiger partial charge in [-0.2, -0.15) is 0 Å². The number of hydrogen-bond acceptors (Lipinski definition) is 4. The van der Waals surface area contributed by atoms with E-state index in [1.807, 2.05) is 13.8 Å². The van der Waals surface area contributed by atoms with E-state index in [2.05, 4.69) is 10.1 Å². The van der Waals surface area contributed by atoms with E-state index >= 15 is 0 Å². The quantitative estimate of drug-likeness (QED) is 0.651. The highest BCUT2D eigenvalue weighted by Crippen LogP contribution is 2.50. The van der Waals surface area contributed by atoms with Crippen LogP contribution in [0.2, 0.25) is 5.15 Å². The van der Waals surface area contributed by atoms with E-state index in [-0.39, 0.29) is 10.7 Å². The van der Waals surface area contributed by atoms with Crippen LogP contribution in [0.1, 0.15) is 56.3 Å². The monoisotopic (exact) mass is 391 g/mol. The van der Waals surface area contributed by atoms with Gasteiger partial charge >= 0.3 is 5.97 Å². The lowest BCUT2D eigenvalue weighted by Crippen LogP contribution is -2.11. The molecule has 146 valence electrons.